The molecule has 132 valence electrons. The Kier molecular flexibility index (Phi) is 9.05. The van der Waals surface area contributed by atoms with Crippen LogP contribution in [0.15, 0.2) is 24.5 Å². The van der Waals surface area contributed by atoms with Crippen LogP contribution in [0.1, 0.15) is 48.9 Å². The Morgan fingerprint density at radius 1 is 1.21 bits per heavy atom. The Balaban J connectivity index is 1.43. The molecule has 0 radical (unpaired) electrons. The van der Waals surface area contributed by atoms with Gasteiger partial charge in [0.25, 0.3) is 5.91 Å². The Morgan fingerprint density at radius 2 is 2.08 bits per heavy atom. The van der Waals surface area contributed by atoms with Crippen molar-refractivity contribution in [3.05, 3.63) is 30.1 Å². The smallest absolute Gasteiger partial charge is 0.252 e. The molecule has 5 nitrogen and oxygen atoms in total. The molecule has 1 saturated heterocycles. The lowest BCUT2D eigenvalue weighted by atomic mass is 10.1. The second-order valence-electron chi connectivity index (χ2n) is 5.78. The summed E-state index contributed by atoms with van der Waals surface area (Å²) in [4.78, 5) is 27.4. The lowest BCUT2D eigenvalue weighted by molar-refractivity contribution is -0.121. The van der Waals surface area contributed by atoms with E-state index in [1.165, 1.54) is 18.6 Å². The summed E-state index contributed by atoms with van der Waals surface area (Å²) in [6.07, 6.45) is 9.15. The van der Waals surface area contributed by atoms with Gasteiger partial charge in [-0.2, -0.15) is 0 Å². The average molecular weight is 368 g/mol. The van der Waals surface area contributed by atoms with Gasteiger partial charge in [-0.15, -0.1) is 0 Å². The molecule has 2 N–H and O–H groups in total. The van der Waals surface area contributed by atoms with Crippen molar-refractivity contribution in [2.24, 2.45) is 0 Å². The van der Waals surface area contributed by atoms with Crippen LogP contribution in [0.4, 0.5) is 0 Å². The average Bonchev–Trinajstić information content (AvgIpc) is 3.12. The van der Waals surface area contributed by atoms with E-state index in [1.807, 2.05) is 21.6 Å². The summed E-state index contributed by atoms with van der Waals surface area (Å²) in [6.45, 7) is 1.14. The third-order valence-electron chi connectivity index (χ3n) is 3.79. The van der Waals surface area contributed by atoms with E-state index in [-0.39, 0.29) is 11.8 Å². The molecule has 24 heavy (non-hydrogen) atoms. The number of amides is 2. The Labute approximate surface area is 151 Å². The molecule has 0 aliphatic carbocycles. The van der Waals surface area contributed by atoms with Crippen molar-refractivity contribution in [3.8, 4) is 0 Å². The molecule has 0 saturated carbocycles. The normalized spacial score (nSPS) is 16.8. The van der Waals surface area contributed by atoms with Gasteiger partial charge in [0.05, 0.1) is 5.56 Å². The van der Waals surface area contributed by atoms with E-state index in [1.54, 1.807) is 24.5 Å². The number of hydrogen-bond donors (Lipinski definition) is 2. The minimum Gasteiger partial charge on any atom is -0.356 e. The molecule has 2 rings (SSSR count). The lowest BCUT2D eigenvalue weighted by Crippen LogP contribution is -2.29. The molecule has 1 aliphatic rings. The van der Waals surface area contributed by atoms with Crippen molar-refractivity contribution in [1.29, 1.82) is 0 Å². The van der Waals surface area contributed by atoms with Crippen molar-refractivity contribution in [2.75, 3.05) is 18.8 Å². The molecule has 7 heteroatoms. The number of aromatic nitrogens is 1. The SMILES string of the molecule is O=C(CCCCC1CCSS1)NCCCNC(=O)c1cccnc1. The maximum absolute atomic E-state index is 11.8. The third-order valence-corrected chi connectivity index (χ3v) is 6.80. The molecule has 1 atom stereocenters. The van der Waals surface area contributed by atoms with Crippen LogP contribution < -0.4 is 10.6 Å². The largest absolute Gasteiger partial charge is 0.356 e. The first kappa shape index (κ1) is 19.1. The molecule has 0 bridgehead atoms. The summed E-state index contributed by atoms with van der Waals surface area (Å²) in [6, 6.07) is 3.46. The van der Waals surface area contributed by atoms with Crippen molar-refractivity contribution in [3.63, 3.8) is 0 Å². The van der Waals surface area contributed by atoms with E-state index >= 15 is 0 Å². The van der Waals surface area contributed by atoms with Crippen molar-refractivity contribution in [2.45, 2.75) is 43.8 Å². The van der Waals surface area contributed by atoms with Gasteiger partial charge < -0.3 is 10.6 Å². The first-order chi connectivity index (χ1) is 11.8. The van der Waals surface area contributed by atoms with Gasteiger partial charge in [-0.05, 0) is 37.8 Å². The van der Waals surface area contributed by atoms with E-state index in [9.17, 15) is 9.59 Å². The van der Waals surface area contributed by atoms with E-state index < -0.39 is 0 Å². The van der Waals surface area contributed by atoms with Crippen molar-refractivity contribution >= 4 is 33.4 Å². The zero-order valence-electron chi connectivity index (χ0n) is 13.8. The van der Waals surface area contributed by atoms with Crippen molar-refractivity contribution in [1.82, 2.24) is 15.6 Å². The fraction of sp³-hybridized carbons (Fsp3) is 0.588. The summed E-state index contributed by atoms with van der Waals surface area (Å²) in [5, 5.41) is 6.53. The Bertz CT molecular complexity index is 508. The van der Waals surface area contributed by atoms with Gasteiger partial charge in [-0.3, -0.25) is 14.6 Å². The second-order valence-corrected chi connectivity index (χ2v) is 8.56. The summed E-state index contributed by atoms with van der Waals surface area (Å²) < 4.78 is 0. The first-order valence-corrected chi connectivity index (χ1v) is 10.9. The molecule has 1 aliphatic heterocycles. The Hall–Kier alpha value is -1.21. The number of nitrogens with zero attached hydrogens (tertiary/aromatic N) is 1. The molecular formula is C17H25N3O2S2. The fourth-order valence-electron chi connectivity index (χ4n) is 2.43. The van der Waals surface area contributed by atoms with Crippen LogP contribution in [0.5, 0.6) is 0 Å². The van der Waals surface area contributed by atoms with Crippen LogP contribution in [-0.2, 0) is 4.79 Å². The molecular weight excluding hydrogens is 342 g/mol. The number of carbonyl (C=O) groups is 2. The predicted octanol–water partition coefficient (Wildman–Crippen LogP) is 3.03. The zero-order chi connectivity index (χ0) is 17.0. The second kappa shape index (κ2) is 11.4. The highest BCUT2D eigenvalue weighted by atomic mass is 33.1. The van der Waals surface area contributed by atoms with E-state index in [2.05, 4.69) is 15.6 Å². The number of pyridine rings is 1. The predicted molar refractivity (Wildman–Crippen MR) is 101 cm³/mol. The summed E-state index contributed by atoms with van der Waals surface area (Å²) in [5.74, 6) is 1.26. The monoisotopic (exact) mass is 367 g/mol. The van der Waals surface area contributed by atoms with Gasteiger partial charge in [-0.25, -0.2) is 0 Å². The first-order valence-electron chi connectivity index (χ1n) is 8.49. The van der Waals surface area contributed by atoms with Crippen LogP contribution >= 0.6 is 21.6 Å². The van der Waals surface area contributed by atoms with Crippen LogP contribution in [-0.4, -0.2) is 40.9 Å². The number of nitrogens with one attached hydrogen (secondary N) is 2. The quantitative estimate of drug-likeness (QED) is 0.491. The summed E-state index contributed by atoms with van der Waals surface area (Å²) >= 11 is 0. The molecule has 2 amide bonds. The van der Waals surface area contributed by atoms with Gasteiger partial charge in [0.2, 0.25) is 5.91 Å². The lowest BCUT2D eigenvalue weighted by Gasteiger charge is -2.08. The maximum atomic E-state index is 11.8. The molecule has 1 fully saturated rings. The minimum atomic E-state index is -0.127. The van der Waals surface area contributed by atoms with E-state index in [0.717, 1.165) is 24.5 Å². The van der Waals surface area contributed by atoms with Crippen LogP contribution in [0.3, 0.4) is 0 Å². The number of carbonyl (C=O) groups excluding carboxylic acids is 2. The molecule has 1 aromatic heterocycles. The minimum absolute atomic E-state index is 0.113. The van der Waals surface area contributed by atoms with Gasteiger partial charge in [-0.1, -0.05) is 28.0 Å². The zero-order valence-corrected chi connectivity index (χ0v) is 15.5. The number of rotatable bonds is 10. The summed E-state index contributed by atoms with van der Waals surface area (Å²) in [7, 11) is 3.97. The maximum Gasteiger partial charge on any atom is 0.252 e. The van der Waals surface area contributed by atoms with Crippen LogP contribution in [0.2, 0.25) is 0 Å². The van der Waals surface area contributed by atoms with Crippen molar-refractivity contribution < 1.29 is 9.59 Å². The van der Waals surface area contributed by atoms with Gasteiger partial charge in [0.15, 0.2) is 0 Å². The van der Waals surface area contributed by atoms with Gasteiger partial charge >= 0.3 is 0 Å². The number of hydrogen-bond acceptors (Lipinski definition) is 5. The highest BCUT2D eigenvalue weighted by molar-refractivity contribution is 8.77. The topological polar surface area (TPSA) is 71.1 Å². The highest BCUT2D eigenvalue weighted by Crippen LogP contribution is 2.39. The van der Waals surface area contributed by atoms with Crippen LogP contribution in [0.25, 0.3) is 0 Å². The number of unbranched alkanes of at least 4 members (excludes halogenated alkanes) is 1. The molecule has 2 heterocycles. The van der Waals surface area contributed by atoms with Gasteiger partial charge in [0.1, 0.15) is 0 Å². The standard InChI is InChI=1S/C17H25N3O2S2/c21-16(7-2-1-6-15-8-12-23-24-15)19-10-4-11-20-17(22)14-5-3-9-18-13-14/h3,5,9,13,15H,1-2,4,6-8,10-12H2,(H,19,21)(H,20,22). The highest BCUT2D eigenvalue weighted by Gasteiger charge is 2.15. The molecule has 1 aromatic rings. The Morgan fingerprint density at radius 3 is 2.83 bits per heavy atom. The molecule has 0 aromatic carbocycles. The van der Waals surface area contributed by atoms with E-state index in [4.69, 9.17) is 0 Å². The van der Waals surface area contributed by atoms with E-state index in [0.29, 0.717) is 25.1 Å². The third kappa shape index (κ3) is 7.57. The summed E-state index contributed by atoms with van der Waals surface area (Å²) in [5.41, 5.74) is 0.556. The molecule has 0 spiro atoms. The fourth-order valence-corrected chi connectivity index (χ4v) is 5.46. The van der Waals surface area contributed by atoms with Crippen LogP contribution in [0, 0.1) is 0 Å². The molecule has 1 unspecified atom stereocenters. The van der Waals surface area contributed by atoms with Gasteiger partial charge in [0, 0.05) is 42.9 Å².